The van der Waals surface area contributed by atoms with Crippen LogP contribution >= 0.6 is 12.2 Å². The predicted octanol–water partition coefficient (Wildman–Crippen LogP) is 3.42. The second-order valence-electron chi connectivity index (χ2n) is 5.72. The van der Waals surface area contributed by atoms with Gasteiger partial charge in [0.2, 0.25) is 10.0 Å². The van der Waals surface area contributed by atoms with E-state index in [1.165, 1.54) is 16.4 Å². The second kappa shape index (κ2) is 7.47. The molecule has 1 fully saturated rings. The molecular formula is C17H18FN3O2S2. The Morgan fingerprint density at radius 3 is 1.92 bits per heavy atom. The van der Waals surface area contributed by atoms with Crippen molar-refractivity contribution in [3.8, 4) is 0 Å². The molecule has 1 heterocycles. The van der Waals surface area contributed by atoms with Gasteiger partial charge in [-0.25, -0.2) is 12.8 Å². The fourth-order valence-corrected chi connectivity index (χ4v) is 4.37. The van der Waals surface area contributed by atoms with Crippen LogP contribution in [0, 0.1) is 5.82 Å². The van der Waals surface area contributed by atoms with Crippen molar-refractivity contribution in [3.63, 3.8) is 0 Å². The van der Waals surface area contributed by atoms with Crippen LogP contribution in [0.15, 0.2) is 53.4 Å². The second-order valence-corrected chi connectivity index (χ2v) is 8.07. The van der Waals surface area contributed by atoms with Crippen LogP contribution in [0.3, 0.4) is 0 Å². The maximum Gasteiger partial charge on any atom is 0.243 e. The lowest BCUT2D eigenvalue weighted by molar-refractivity contribution is 0.477. The molecule has 0 radical (unpaired) electrons. The minimum Gasteiger partial charge on any atom is -0.332 e. The van der Waals surface area contributed by atoms with Gasteiger partial charge in [0, 0.05) is 24.5 Å². The van der Waals surface area contributed by atoms with Crippen LogP contribution < -0.4 is 10.6 Å². The van der Waals surface area contributed by atoms with E-state index in [4.69, 9.17) is 12.2 Å². The largest absolute Gasteiger partial charge is 0.332 e. The molecule has 2 aromatic carbocycles. The maximum absolute atomic E-state index is 12.9. The zero-order chi connectivity index (χ0) is 17.9. The zero-order valence-electron chi connectivity index (χ0n) is 13.4. The molecule has 2 aromatic rings. The van der Waals surface area contributed by atoms with Crippen molar-refractivity contribution >= 4 is 38.7 Å². The van der Waals surface area contributed by atoms with Crippen molar-refractivity contribution in [2.24, 2.45) is 0 Å². The van der Waals surface area contributed by atoms with Crippen LogP contribution in [0.5, 0.6) is 0 Å². The minimum absolute atomic E-state index is 0.275. The van der Waals surface area contributed by atoms with Crippen molar-refractivity contribution in [2.75, 3.05) is 23.7 Å². The fourth-order valence-electron chi connectivity index (χ4n) is 2.61. The first-order chi connectivity index (χ1) is 11.9. The first-order valence-corrected chi connectivity index (χ1v) is 9.74. The number of sulfonamides is 1. The van der Waals surface area contributed by atoms with Gasteiger partial charge in [0.15, 0.2) is 5.11 Å². The van der Waals surface area contributed by atoms with E-state index >= 15 is 0 Å². The Morgan fingerprint density at radius 2 is 1.40 bits per heavy atom. The summed E-state index contributed by atoms with van der Waals surface area (Å²) in [5.74, 6) is -0.320. The third kappa shape index (κ3) is 4.33. The van der Waals surface area contributed by atoms with E-state index in [9.17, 15) is 12.8 Å². The lowest BCUT2D eigenvalue weighted by atomic mass is 10.3. The van der Waals surface area contributed by atoms with Gasteiger partial charge >= 0.3 is 0 Å². The first-order valence-electron chi connectivity index (χ1n) is 7.89. The molecule has 0 bridgehead atoms. The van der Waals surface area contributed by atoms with Crippen LogP contribution in [0.4, 0.5) is 15.8 Å². The van der Waals surface area contributed by atoms with Gasteiger partial charge in [-0.15, -0.1) is 0 Å². The Kier molecular flexibility index (Phi) is 5.31. The Balaban J connectivity index is 1.64. The molecule has 0 aromatic heterocycles. The summed E-state index contributed by atoms with van der Waals surface area (Å²) in [6, 6.07) is 12.3. The normalized spacial score (nSPS) is 15.1. The molecule has 25 heavy (non-hydrogen) atoms. The molecule has 0 aliphatic carbocycles. The molecule has 132 valence electrons. The van der Waals surface area contributed by atoms with Crippen LogP contribution in [-0.2, 0) is 10.0 Å². The number of nitrogens with one attached hydrogen (secondary N) is 2. The van der Waals surface area contributed by atoms with Gasteiger partial charge in [-0.3, -0.25) is 0 Å². The van der Waals surface area contributed by atoms with Gasteiger partial charge in [0.25, 0.3) is 0 Å². The first kappa shape index (κ1) is 17.8. The van der Waals surface area contributed by atoms with E-state index in [2.05, 4.69) is 10.6 Å². The molecule has 5 nitrogen and oxygen atoms in total. The van der Waals surface area contributed by atoms with E-state index in [0.29, 0.717) is 29.6 Å². The number of anilines is 2. The molecule has 1 saturated heterocycles. The number of halogens is 1. The van der Waals surface area contributed by atoms with Gasteiger partial charge in [0.05, 0.1) is 4.90 Å². The molecule has 0 atom stereocenters. The summed E-state index contributed by atoms with van der Waals surface area (Å²) in [4.78, 5) is 0.275. The summed E-state index contributed by atoms with van der Waals surface area (Å²) in [5.41, 5.74) is 1.33. The fraction of sp³-hybridized carbons (Fsp3) is 0.235. The number of nitrogens with zero attached hydrogens (tertiary/aromatic N) is 1. The van der Waals surface area contributed by atoms with Crippen molar-refractivity contribution < 1.29 is 12.8 Å². The number of rotatable bonds is 4. The molecule has 0 spiro atoms. The van der Waals surface area contributed by atoms with Crippen molar-refractivity contribution in [3.05, 3.63) is 54.3 Å². The topological polar surface area (TPSA) is 61.4 Å². The lowest BCUT2D eigenvalue weighted by Crippen LogP contribution is -2.27. The number of benzene rings is 2. The van der Waals surface area contributed by atoms with Gasteiger partial charge in [-0.05, 0) is 73.6 Å². The third-order valence-electron chi connectivity index (χ3n) is 3.92. The Labute approximate surface area is 151 Å². The highest BCUT2D eigenvalue weighted by Gasteiger charge is 2.26. The van der Waals surface area contributed by atoms with Crippen molar-refractivity contribution in [1.82, 2.24) is 4.31 Å². The molecular weight excluding hydrogens is 361 g/mol. The highest BCUT2D eigenvalue weighted by atomic mass is 32.2. The molecule has 2 N–H and O–H groups in total. The monoisotopic (exact) mass is 379 g/mol. The third-order valence-corrected chi connectivity index (χ3v) is 6.03. The Morgan fingerprint density at radius 1 is 0.920 bits per heavy atom. The highest BCUT2D eigenvalue weighted by molar-refractivity contribution is 7.89. The summed E-state index contributed by atoms with van der Waals surface area (Å²) in [6.45, 7) is 1.15. The van der Waals surface area contributed by atoms with Gasteiger partial charge in [0.1, 0.15) is 5.82 Å². The molecule has 1 aliphatic heterocycles. The Hall–Kier alpha value is -2.03. The quantitative estimate of drug-likeness (QED) is 0.797. The average Bonchev–Trinajstić information content (AvgIpc) is 3.13. The van der Waals surface area contributed by atoms with E-state index in [-0.39, 0.29) is 10.7 Å². The van der Waals surface area contributed by atoms with Crippen LogP contribution in [0.2, 0.25) is 0 Å². The van der Waals surface area contributed by atoms with E-state index in [1.54, 1.807) is 36.4 Å². The zero-order valence-corrected chi connectivity index (χ0v) is 15.0. The van der Waals surface area contributed by atoms with Crippen LogP contribution in [0.1, 0.15) is 12.8 Å². The molecule has 8 heteroatoms. The maximum atomic E-state index is 12.9. The molecule has 1 aliphatic rings. The molecule has 0 amide bonds. The average molecular weight is 379 g/mol. The SMILES string of the molecule is O=S(=O)(c1ccc(NC(=S)Nc2ccc(F)cc2)cc1)N1CCCC1. The predicted molar refractivity (Wildman–Crippen MR) is 101 cm³/mol. The standard InChI is InChI=1S/C17H18FN3O2S2/c18-13-3-5-14(6-4-13)19-17(24)20-15-7-9-16(10-8-15)25(22,23)21-11-1-2-12-21/h3-10H,1-2,11-12H2,(H2,19,20,24). The number of thiocarbonyl (C=S) groups is 1. The summed E-state index contributed by atoms with van der Waals surface area (Å²) < 4.78 is 39.3. The molecule has 0 unspecified atom stereocenters. The van der Waals surface area contributed by atoms with E-state index in [0.717, 1.165) is 12.8 Å². The highest BCUT2D eigenvalue weighted by Crippen LogP contribution is 2.22. The minimum atomic E-state index is -3.41. The van der Waals surface area contributed by atoms with Crippen molar-refractivity contribution in [1.29, 1.82) is 0 Å². The van der Waals surface area contributed by atoms with Crippen molar-refractivity contribution in [2.45, 2.75) is 17.7 Å². The van der Waals surface area contributed by atoms with Gasteiger partial charge in [-0.2, -0.15) is 4.31 Å². The summed E-state index contributed by atoms with van der Waals surface area (Å²) in [7, 11) is -3.41. The van der Waals surface area contributed by atoms with E-state index in [1.807, 2.05) is 0 Å². The molecule has 3 rings (SSSR count). The number of hydrogen-bond donors (Lipinski definition) is 2. The van der Waals surface area contributed by atoms with E-state index < -0.39 is 10.0 Å². The Bertz CT molecular complexity index is 846. The lowest BCUT2D eigenvalue weighted by Gasteiger charge is -2.16. The summed E-state index contributed by atoms with van der Waals surface area (Å²) >= 11 is 5.20. The van der Waals surface area contributed by atoms with Crippen LogP contribution in [0.25, 0.3) is 0 Å². The summed E-state index contributed by atoms with van der Waals surface area (Å²) in [6.07, 6.45) is 1.81. The number of hydrogen-bond acceptors (Lipinski definition) is 3. The van der Waals surface area contributed by atoms with Crippen LogP contribution in [-0.4, -0.2) is 30.9 Å². The van der Waals surface area contributed by atoms with Gasteiger partial charge in [-0.1, -0.05) is 0 Å². The summed E-state index contributed by atoms with van der Waals surface area (Å²) in [5, 5.41) is 6.24. The smallest absolute Gasteiger partial charge is 0.243 e. The van der Waals surface area contributed by atoms with Gasteiger partial charge < -0.3 is 10.6 Å². The molecule has 0 saturated carbocycles.